The van der Waals surface area contributed by atoms with Gasteiger partial charge in [0.25, 0.3) is 0 Å². The van der Waals surface area contributed by atoms with Crippen LogP contribution < -0.4 is 0 Å². The van der Waals surface area contributed by atoms with Crippen molar-refractivity contribution < 1.29 is 14.7 Å². The van der Waals surface area contributed by atoms with Crippen LogP contribution in [0.5, 0.6) is 0 Å². The summed E-state index contributed by atoms with van der Waals surface area (Å²) in [5.74, 6) is -1.09. The molecule has 2 fully saturated rings. The van der Waals surface area contributed by atoms with E-state index in [1.165, 1.54) is 0 Å². The summed E-state index contributed by atoms with van der Waals surface area (Å²) in [5.41, 5.74) is 0.634. The smallest absolute Gasteiger partial charge is 0.308 e. The number of carbonyl (C=O) groups excluding carboxylic acids is 1. The first-order valence-corrected chi connectivity index (χ1v) is 8.10. The van der Waals surface area contributed by atoms with Gasteiger partial charge in [0.2, 0.25) is 5.91 Å². The van der Waals surface area contributed by atoms with Gasteiger partial charge in [-0.15, -0.1) is 12.4 Å². The first kappa shape index (κ1) is 17.3. The zero-order valence-electron chi connectivity index (χ0n) is 12.1. The maximum atomic E-state index is 12.9. The Labute approximate surface area is 144 Å². The number of carboxylic acid groups (broad SMARTS) is 1. The lowest BCUT2D eigenvalue weighted by Gasteiger charge is -2.43. The molecule has 6 heteroatoms. The van der Waals surface area contributed by atoms with Gasteiger partial charge in [-0.05, 0) is 37.0 Å². The standard InChI is InChI=1S/C16H18BrNO3.ClH/c17-13-4-2-12(3-5-13)16(7-1-8-16)15(21)18-9-6-11(10-18)14(19)20;/h2-5,11H,1,6-10H2,(H,19,20);1H. The van der Waals surface area contributed by atoms with Gasteiger partial charge < -0.3 is 10.0 Å². The molecule has 1 aromatic carbocycles. The molecule has 1 aromatic rings. The summed E-state index contributed by atoms with van der Waals surface area (Å²) in [6, 6.07) is 7.94. The largest absolute Gasteiger partial charge is 0.481 e. The fourth-order valence-electron chi connectivity index (χ4n) is 3.37. The fraction of sp³-hybridized carbons (Fsp3) is 0.500. The van der Waals surface area contributed by atoms with Gasteiger partial charge in [-0.2, -0.15) is 0 Å². The van der Waals surface area contributed by atoms with Crippen molar-refractivity contribution in [2.24, 2.45) is 5.92 Å². The van der Waals surface area contributed by atoms with Crippen LogP contribution >= 0.6 is 28.3 Å². The molecule has 1 saturated heterocycles. The molecule has 0 spiro atoms. The van der Waals surface area contributed by atoms with Crippen LogP contribution in [0.4, 0.5) is 0 Å². The van der Waals surface area contributed by atoms with Crippen molar-refractivity contribution in [1.29, 1.82) is 0 Å². The van der Waals surface area contributed by atoms with Crippen molar-refractivity contribution in [2.45, 2.75) is 31.1 Å². The molecule has 1 heterocycles. The molecule has 1 aliphatic heterocycles. The fourth-order valence-corrected chi connectivity index (χ4v) is 3.64. The second-order valence-corrected chi connectivity index (χ2v) is 6.93. The van der Waals surface area contributed by atoms with E-state index in [9.17, 15) is 9.59 Å². The summed E-state index contributed by atoms with van der Waals surface area (Å²) < 4.78 is 1.00. The molecule has 0 aromatic heterocycles. The molecular formula is C16H19BrClNO3. The molecule has 120 valence electrons. The van der Waals surface area contributed by atoms with E-state index in [0.717, 1.165) is 29.3 Å². The quantitative estimate of drug-likeness (QED) is 0.865. The van der Waals surface area contributed by atoms with Gasteiger partial charge in [0.15, 0.2) is 0 Å². The van der Waals surface area contributed by atoms with Crippen LogP contribution in [0.2, 0.25) is 0 Å². The van der Waals surface area contributed by atoms with Crippen LogP contribution in [0.15, 0.2) is 28.7 Å². The summed E-state index contributed by atoms with van der Waals surface area (Å²) in [6.07, 6.45) is 3.35. The summed E-state index contributed by atoms with van der Waals surface area (Å²) >= 11 is 3.42. The Morgan fingerprint density at radius 2 is 1.86 bits per heavy atom. The Balaban J connectivity index is 0.00000176. The van der Waals surface area contributed by atoms with Crippen LogP contribution in [-0.4, -0.2) is 35.0 Å². The van der Waals surface area contributed by atoms with Crippen molar-refractivity contribution in [3.8, 4) is 0 Å². The molecule has 3 rings (SSSR count). The maximum Gasteiger partial charge on any atom is 0.308 e. The molecule has 2 aliphatic rings. The number of hydrogen-bond acceptors (Lipinski definition) is 2. The number of aliphatic carboxylic acids is 1. The lowest BCUT2D eigenvalue weighted by molar-refractivity contribution is -0.142. The number of nitrogens with zero attached hydrogens (tertiary/aromatic N) is 1. The van der Waals surface area contributed by atoms with Gasteiger partial charge in [-0.3, -0.25) is 9.59 Å². The van der Waals surface area contributed by atoms with E-state index in [1.54, 1.807) is 4.90 Å². The maximum absolute atomic E-state index is 12.9. The molecule has 1 aliphatic carbocycles. The Bertz CT molecular complexity index is 571. The average Bonchev–Trinajstić information content (AvgIpc) is 2.89. The number of hydrogen-bond donors (Lipinski definition) is 1. The number of rotatable bonds is 3. The average molecular weight is 389 g/mol. The first-order valence-electron chi connectivity index (χ1n) is 7.31. The minimum Gasteiger partial charge on any atom is -0.481 e. The second-order valence-electron chi connectivity index (χ2n) is 6.02. The minimum absolute atomic E-state index is 0. The molecule has 4 nitrogen and oxygen atoms in total. The van der Waals surface area contributed by atoms with Crippen molar-refractivity contribution in [2.75, 3.05) is 13.1 Å². The highest BCUT2D eigenvalue weighted by Gasteiger charge is 2.49. The zero-order chi connectivity index (χ0) is 15.0. The molecule has 1 unspecified atom stereocenters. The zero-order valence-corrected chi connectivity index (χ0v) is 14.5. The number of benzene rings is 1. The third-order valence-corrected chi connectivity index (χ3v) is 5.37. The van der Waals surface area contributed by atoms with Gasteiger partial charge in [0.05, 0.1) is 11.3 Å². The Morgan fingerprint density at radius 1 is 1.23 bits per heavy atom. The van der Waals surface area contributed by atoms with Crippen LogP contribution in [0.1, 0.15) is 31.2 Å². The van der Waals surface area contributed by atoms with E-state index in [4.69, 9.17) is 5.11 Å². The Kier molecular flexibility index (Phi) is 5.17. The molecule has 22 heavy (non-hydrogen) atoms. The number of carbonyl (C=O) groups is 2. The van der Waals surface area contributed by atoms with E-state index in [1.807, 2.05) is 24.3 Å². The predicted molar refractivity (Wildman–Crippen MR) is 89.2 cm³/mol. The third-order valence-electron chi connectivity index (χ3n) is 4.84. The molecule has 0 bridgehead atoms. The molecule has 1 amide bonds. The van der Waals surface area contributed by atoms with Crippen molar-refractivity contribution in [1.82, 2.24) is 4.90 Å². The van der Waals surface area contributed by atoms with Gasteiger partial charge in [-0.1, -0.05) is 34.5 Å². The highest BCUT2D eigenvalue weighted by molar-refractivity contribution is 9.10. The molecule has 1 atom stereocenters. The highest BCUT2D eigenvalue weighted by atomic mass is 79.9. The summed E-state index contributed by atoms with van der Waals surface area (Å²) in [5, 5.41) is 9.09. The van der Waals surface area contributed by atoms with E-state index in [2.05, 4.69) is 15.9 Å². The summed E-state index contributed by atoms with van der Waals surface area (Å²) in [4.78, 5) is 25.7. The van der Waals surface area contributed by atoms with E-state index < -0.39 is 17.3 Å². The Morgan fingerprint density at radius 3 is 2.32 bits per heavy atom. The van der Waals surface area contributed by atoms with Crippen molar-refractivity contribution in [3.63, 3.8) is 0 Å². The van der Waals surface area contributed by atoms with E-state index >= 15 is 0 Å². The monoisotopic (exact) mass is 387 g/mol. The SMILES string of the molecule is Cl.O=C(O)C1CCN(C(=O)C2(c3ccc(Br)cc3)CCC2)C1. The van der Waals surface area contributed by atoms with Crippen LogP contribution in [0, 0.1) is 5.92 Å². The van der Waals surface area contributed by atoms with Crippen LogP contribution in [-0.2, 0) is 15.0 Å². The number of likely N-dealkylation sites (tertiary alicyclic amines) is 1. The van der Waals surface area contributed by atoms with Gasteiger partial charge in [0, 0.05) is 17.6 Å². The minimum atomic E-state index is -0.795. The highest BCUT2D eigenvalue weighted by Crippen LogP contribution is 2.46. The van der Waals surface area contributed by atoms with Crippen molar-refractivity contribution >= 4 is 40.2 Å². The number of halogens is 2. The first-order chi connectivity index (χ1) is 10.0. The summed E-state index contributed by atoms with van der Waals surface area (Å²) in [7, 11) is 0. The predicted octanol–water partition coefficient (Wildman–Crippen LogP) is 3.23. The van der Waals surface area contributed by atoms with Gasteiger partial charge in [0.1, 0.15) is 0 Å². The molecule has 0 radical (unpaired) electrons. The van der Waals surface area contributed by atoms with Crippen molar-refractivity contribution in [3.05, 3.63) is 34.3 Å². The van der Waals surface area contributed by atoms with Crippen LogP contribution in [0.25, 0.3) is 0 Å². The topological polar surface area (TPSA) is 57.6 Å². The van der Waals surface area contributed by atoms with E-state index in [-0.39, 0.29) is 18.3 Å². The lowest BCUT2D eigenvalue weighted by atomic mass is 9.63. The second kappa shape index (κ2) is 6.59. The molecular weight excluding hydrogens is 370 g/mol. The van der Waals surface area contributed by atoms with E-state index in [0.29, 0.717) is 19.5 Å². The lowest BCUT2D eigenvalue weighted by Crippen LogP contribution is -2.50. The number of amides is 1. The molecule has 1 N–H and O–H groups in total. The van der Waals surface area contributed by atoms with Crippen LogP contribution in [0.3, 0.4) is 0 Å². The van der Waals surface area contributed by atoms with Gasteiger partial charge in [-0.25, -0.2) is 0 Å². The van der Waals surface area contributed by atoms with Gasteiger partial charge >= 0.3 is 5.97 Å². The normalized spacial score (nSPS) is 22.6. The molecule has 1 saturated carbocycles. The summed E-state index contributed by atoms with van der Waals surface area (Å²) in [6.45, 7) is 0.917. The number of carboxylic acids is 1. The Hall–Kier alpha value is -1.07. The third kappa shape index (κ3) is 2.88.